The van der Waals surface area contributed by atoms with Crippen LogP contribution in [-0.4, -0.2) is 253 Å². The van der Waals surface area contributed by atoms with E-state index >= 15 is 0 Å². The van der Waals surface area contributed by atoms with Crippen LogP contribution in [0.25, 0.3) is 0 Å². The third-order valence-electron chi connectivity index (χ3n) is 8.61. The van der Waals surface area contributed by atoms with E-state index in [4.69, 9.17) is 35.7 Å². The summed E-state index contributed by atoms with van der Waals surface area (Å²) >= 11 is 0. The van der Waals surface area contributed by atoms with E-state index < -0.39 is 0 Å². The van der Waals surface area contributed by atoms with E-state index in [1.54, 1.807) is 27.7 Å². The first-order chi connectivity index (χ1) is 26.9. The molecule has 0 aromatic heterocycles. The smallest absolute Gasteiger partial charge is 0.0664 e. The molecular formula is C45H111Co7N7O7. The van der Waals surface area contributed by atoms with Crippen LogP contribution >= 0.6 is 0 Å². The molecule has 66 heavy (non-hydrogen) atoms. The first-order valence-corrected chi connectivity index (χ1v) is 22.5. The minimum atomic E-state index is -0.211. The van der Waals surface area contributed by atoms with Crippen LogP contribution in [0.15, 0.2) is 0 Å². The minimum absolute atomic E-state index is 0. The van der Waals surface area contributed by atoms with E-state index in [1.807, 2.05) is 87.0 Å². The third kappa shape index (κ3) is 112. The van der Waals surface area contributed by atoms with E-state index in [9.17, 15) is 0 Å². The number of aliphatic hydroxyl groups excluding tert-OH is 7. The van der Waals surface area contributed by atoms with Gasteiger partial charge in [-0.1, -0.05) is 41.5 Å². The second kappa shape index (κ2) is 74.5. The van der Waals surface area contributed by atoms with Crippen molar-refractivity contribution in [1.29, 1.82) is 0 Å². The Kier molecular flexibility index (Phi) is 119. The summed E-state index contributed by atoms with van der Waals surface area (Å²) in [5, 5.41) is 62.4. The molecule has 0 heterocycles. The fourth-order valence-electron chi connectivity index (χ4n) is 4.39. The summed E-state index contributed by atoms with van der Waals surface area (Å²) in [5.41, 5.74) is 0. The Morgan fingerprint density at radius 1 is 0.303 bits per heavy atom. The fraction of sp³-hybridized carbons (Fsp3) is 1.00. The fourth-order valence-corrected chi connectivity index (χ4v) is 4.39. The largest absolute Gasteiger partial charge is 0.392 e. The van der Waals surface area contributed by atoms with Crippen molar-refractivity contribution < 1.29 is 153 Å². The summed E-state index contributed by atoms with van der Waals surface area (Å²) in [6.45, 7) is 39.3. The van der Waals surface area contributed by atoms with E-state index in [0.717, 1.165) is 84.8 Å². The van der Waals surface area contributed by atoms with Gasteiger partial charge in [0, 0.05) is 175 Å². The number of hydrogen-bond acceptors (Lipinski definition) is 14. The summed E-state index contributed by atoms with van der Waals surface area (Å²) in [4.78, 5) is 14.5. The Labute approximate surface area is 483 Å². The molecule has 0 amide bonds. The molecule has 0 aromatic rings. The van der Waals surface area contributed by atoms with Crippen LogP contribution in [0.4, 0.5) is 0 Å². The van der Waals surface area contributed by atoms with Crippen molar-refractivity contribution >= 4 is 0 Å². The number of likely N-dealkylation sites (N-methyl/N-ethyl adjacent to an activating group) is 7. The molecule has 0 aromatic carbocycles. The predicted octanol–water partition coefficient (Wildman–Crippen LogP) is 3.38. The van der Waals surface area contributed by atoms with Gasteiger partial charge < -0.3 is 70.0 Å². The Hall–Kier alpha value is 2.99. The average Bonchev–Trinajstić information content (AvgIpc) is 3.10. The standard InChI is InChI=1S/4C7H17NO.2C6H15NO.C5H13NO.7Co/c2*1-6(2)8(4)5-7(3)9;1-4-7(9)6-8(3)5-2;1-4-8(5-2)6-7(3)9;1-4-6(8)5-7(2)3;1-4-7(3)5-6(2)8;1-5(7)4-6(2)3;;;;;;;/h2*6-7,9H,5H2,1-4H3;2*7,9H,4-6H2,1-3H3;2*6,8H,4-5H2,1-3H3;5,7H,4H2,1-3H3;;;;;;;. The summed E-state index contributed by atoms with van der Waals surface area (Å²) in [6, 6.07) is 1.05. The topological polar surface area (TPSA) is 164 Å². The second-order valence-electron chi connectivity index (χ2n) is 17.2. The molecule has 0 aliphatic rings. The second-order valence-corrected chi connectivity index (χ2v) is 17.2. The van der Waals surface area contributed by atoms with Crippen molar-refractivity contribution in [1.82, 2.24) is 34.3 Å². The zero-order valence-electron chi connectivity index (χ0n) is 46.0. The Bertz CT molecular complexity index is 733. The van der Waals surface area contributed by atoms with Crippen LogP contribution in [0, 0.1) is 0 Å². The number of nitrogens with zero attached hydrogens (tertiary/aromatic N) is 7. The van der Waals surface area contributed by atoms with Gasteiger partial charge in [-0.05, 0) is 158 Å². The molecule has 0 bridgehead atoms. The zero-order valence-corrected chi connectivity index (χ0v) is 53.3. The Morgan fingerprint density at radius 3 is 0.652 bits per heavy atom. The van der Waals surface area contributed by atoms with Crippen LogP contribution in [0.5, 0.6) is 0 Å². The first-order valence-electron chi connectivity index (χ1n) is 22.5. The van der Waals surface area contributed by atoms with Gasteiger partial charge >= 0.3 is 0 Å². The van der Waals surface area contributed by atoms with Crippen molar-refractivity contribution in [3.05, 3.63) is 0 Å². The number of rotatable bonds is 22. The molecule has 7 atom stereocenters. The van der Waals surface area contributed by atoms with Crippen LogP contribution in [0.3, 0.4) is 0 Å². The van der Waals surface area contributed by atoms with Gasteiger partial charge in [0.1, 0.15) is 0 Å². The van der Waals surface area contributed by atoms with Crippen LogP contribution in [0.1, 0.15) is 117 Å². The molecule has 7 N–H and O–H groups in total. The van der Waals surface area contributed by atoms with Crippen molar-refractivity contribution in [2.24, 2.45) is 0 Å². The molecule has 431 valence electrons. The summed E-state index contributed by atoms with van der Waals surface area (Å²) in [5.74, 6) is 0. The van der Waals surface area contributed by atoms with Crippen LogP contribution in [0.2, 0.25) is 0 Å². The zero-order chi connectivity index (χ0) is 48.4. The van der Waals surface area contributed by atoms with Gasteiger partial charge in [-0.2, -0.15) is 0 Å². The normalized spacial score (nSPS) is 13.1. The number of hydrogen-bond donors (Lipinski definition) is 7. The molecular weight excluding hydrogens is 1160 g/mol. The molecule has 0 spiro atoms. The summed E-state index contributed by atoms with van der Waals surface area (Å²) in [6.07, 6.45) is 0.400. The van der Waals surface area contributed by atoms with E-state index in [1.165, 1.54) is 0 Å². The van der Waals surface area contributed by atoms with E-state index in [0.29, 0.717) is 12.1 Å². The van der Waals surface area contributed by atoms with Gasteiger partial charge in [-0.15, -0.1) is 0 Å². The monoisotopic (exact) mass is 1270 g/mol. The Morgan fingerprint density at radius 2 is 0.545 bits per heavy atom. The van der Waals surface area contributed by atoms with Crippen molar-refractivity contribution in [2.75, 3.05) is 128 Å². The molecule has 7 unspecified atom stereocenters. The quantitative estimate of drug-likeness (QED) is 0.0845. The van der Waals surface area contributed by atoms with Gasteiger partial charge in [-0.3, -0.25) is 0 Å². The van der Waals surface area contributed by atoms with Crippen molar-refractivity contribution in [3.8, 4) is 0 Å². The van der Waals surface area contributed by atoms with Gasteiger partial charge in [-0.25, -0.2) is 0 Å². The van der Waals surface area contributed by atoms with Gasteiger partial charge in [0.05, 0.1) is 42.7 Å². The molecule has 0 saturated heterocycles. The molecule has 0 rings (SSSR count). The van der Waals surface area contributed by atoms with Crippen molar-refractivity contribution in [3.63, 3.8) is 0 Å². The molecule has 0 aliphatic carbocycles. The molecule has 0 saturated carbocycles. The molecule has 21 heteroatoms. The molecule has 14 nitrogen and oxygen atoms in total. The summed E-state index contributed by atoms with van der Waals surface area (Å²) in [7, 11) is 15.8. The molecule has 7 radical (unpaired) electrons. The van der Waals surface area contributed by atoms with Crippen molar-refractivity contribution in [2.45, 2.75) is 172 Å². The van der Waals surface area contributed by atoms with Crippen LogP contribution in [-0.2, 0) is 117 Å². The number of aliphatic hydroxyl groups is 7. The maximum atomic E-state index is 9.12. The predicted molar refractivity (Wildman–Crippen MR) is 258 cm³/mol. The SMILES string of the molecule is CC(O)CN(C)C.CC(O)CN(C)C(C)C.CC(O)CN(C)C(C)C.CCC(O)CN(C)C.CCC(O)CN(C)CC.CCN(C)CC(C)O.CCN(CC)CC(C)O.[Co].[Co].[Co].[Co].[Co].[Co].[Co]. The van der Waals surface area contributed by atoms with E-state index in [2.05, 4.69) is 79.9 Å². The molecule has 0 fully saturated rings. The van der Waals surface area contributed by atoms with Gasteiger partial charge in [0.15, 0.2) is 0 Å². The average molecular weight is 1270 g/mol. The third-order valence-corrected chi connectivity index (χ3v) is 8.61. The molecule has 0 aliphatic heterocycles. The maximum Gasteiger partial charge on any atom is 0.0664 e. The van der Waals surface area contributed by atoms with Crippen LogP contribution < -0.4 is 0 Å². The maximum absolute atomic E-state index is 9.12. The Balaban J connectivity index is -0.0000000392. The first kappa shape index (κ1) is 105. The minimum Gasteiger partial charge on any atom is -0.392 e. The van der Waals surface area contributed by atoms with Gasteiger partial charge in [0.25, 0.3) is 0 Å². The van der Waals surface area contributed by atoms with Gasteiger partial charge in [0.2, 0.25) is 0 Å². The summed E-state index contributed by atoms with van der Waals surface area (Å²) < 4.78 is 0. The van der Waals surface area contributed by atoms with E-state index in [-0.39, 0.29) is 160 Å².